The number of nitrogens with two attached hydrogens (primary N) is 1. The highest BCUT2D eigenvalue weighted by atomic mass is 35.5. The van der Waals surface area contributed by atoms with Crippen LogP contribution < -0.4 is 5.73 Å². The Kier molecular flexibility index (Phi) is 4.17. The topological polar surface area (TPSA) is 69.6 Å². The van der Waals surface area contributed by atoms with Gasteiger partial charge in [0, 0.05) is 19.7 Å². The first-order chi connectivity index (χ1) is 9.02. The molecule has 2 heterocycles. The van der Waals surface area contributed by atoms with Gasteiger partial charge in [-0.25, -0.2) is 0 Å². The molecule has 2 rings (SSSR count). The summed E-state index contributed by atoms with van der Waals surface area (Å²) in [6.45, 7) is 3.93. The van der Waals surface area contributed by atoms with Gasteiger partial charge < -0.3 is 5.73 Å². The standard InChI is InChI=1S/C13H18ClN5/c1-4-10-13(14)12(19(3)18-10)5-9(15)11-7-16-8(2)6-17-11/h6-7,9H,4-5,15H2,1-3H3. The Balaban J connectivity index is 2.21. The predicted octanol–water partition coefficient (Wildman–Crippen LogP) is 1.98. The summed E-state index contributed by atoms with van der Waals surface area (Å²) in [5.74, 6) is 0. The van der Waals surface area contributed by atoms with E-state index in [2.05, 4.69) is 15.1 Å². The van der Waals surface area contributed by atoms with Crippen LogP contribution in [0.4, 0.5) is 0 Å². The summed E-state index contributed by atoms with van der Waals surface area (Å²) in [4.78, 5) is 8.51. The molecule has 19 heavy (non-hydrogen) atoms. The Labute approximate surface area is 117 Å². The minimum absolute atomic E-state index is 0.231. The molecule has 2 aromatic heterocycles. The van der Waals surface area contributed by atoms with Crippen LogP contribution in [0.25, 0.3) is 0 Å². The van der Waals surface area contributed by atoms with E-state index in [4.69, 9.17) is 17.3 Å². The number of aromatic nitrogens is 4. The number of nitrogens with zero attached hydrogens (tertiary/aromatic N) is 4. The Morgan fingerprint density at radius 3 is 2.63 bits per heavy atom. The monoisotopic (exact) mass is 279 g/mol. The van der Waals surface area contributed by atoms with E-state index in [0.29, 0.717) is 11.4 Å². The van der Waals surface area contributed by atoms with Crippen molar-refractivity contribution in [2.45, 2.75) is 32.7 Å². The number of hydrogen-bond donors (Lipinski definition) is 1. The molecule has 0 bridgehead atoms. The summed E-state index contributed by atoms with van der Waals surface area (Å²) < 4.78 is 1.79. The van der Waals surface area contributed by atoms with Gasteiger partial charge >= 0.3 is 0 Å². The van der Waals surface area contributed by atoms with Crippen molar-refractivity contribution in [1.29, 1.82) is 0 Å². The number of aryl methyl sites for hydroxylation is 3. The van der Waals surface area contributed by atoms with Gasteiger partial charge in [0.05, 0.1) is 40.0 Å². The lowest BCUT2D eigenvalue weighted by atomic mass is 10.1. The summed E-state index contributed by atoms with van der Waals surface area (Å²) in [5, 5.41) is 5.09. The zero-order valence-corrected chi connectivity index (χ0v) is 12.1. The highest BCUT2D eigenvalue weighted by molar-refractivity contribution is 6.31. The Hall–Kier alpha value is -1.46. The molecular weight excluding hydrogens is 262 g/mol. The summed E-state index contributed by atoms with van der Waals surface area (Å²) in [7, 11) is 1.88. The van der Waals surface area contributed by atoms with Gasteiger partial charge in [-0.1, -0.05) is 18.5 Å². The van der Waals surface area contributed by atoms with Crippen molar-refractivity contribution < 1.29 is 0 Å². The van der Waals surface area contributed by atoms with Crippen molar-refractivity contribution in [2.75, 3.05) is 0 Å². The molecule has 0 aliphatic carbocycles. The van der Waals surface area contributed by atoms with E-state index in [1.165, 1.54) is 0 Å². The summed E-state index contributed by atoms with van der Waals surface area (Å²) in [6, 6.07) is -0.231. The zero-order chi connectivity index (χ0) is 14.0. The largest absolute Gasteiger partial charge is 0.322 e. The van der Waals surface area contributed by atoms with Crippen molar-refractivity contribution in [3.63, 3.8) is 0 Å². The SMILES string of the molecule is CCc1nn(C)c(CC(N)c2cnc(C)cn2)c1Cl. The minimum atomic E-state index is -0.231. The van der Waals surface area contributed by atoms with Gasteiger partial charge in [0.15, 0.2) is 0 Å². The van der Waals surface area contributed by atoms with Crippen LogP contribution in [0.1, 0.15) is 35.7 Å². The molecule has 102 valence electrons. The van der Waals surface area contributed by atoms with E-state index in [1.807, 2.05) is 20.9 Å². The van der Waals surface area contributed by atoms with Gasteiger partial charge in [0.25, 0.3) is 0 Å². The average molecular weight is 280 g/mol. The quantitative estimate of drug-likeness (QED) is 0.929. The van der Waals surface area contributed by atoms with E-state index in [0.717, 1.165) is 29.2 Å². The number of hydrogen-bond acceptors (Lipinski definition) is 4. The molecule has 0 saturated heterocycles. The second kappa shape index (κ2) is 5.67. The number of rotatable bonds is 4. The van der Waals surface area contributed by atoms with Crippen LogP contribution in [0.5, 0.6) is 0 Å². The van der Waals surface area contributed by atoms with Gasteiger partial charge in [0.2, 0.25) is 0 Å². The first kappa shape index (κ1) is 14.0. The molecule has 0 aliphatic rings. The Morgan fingerprint density at radius 1 is 1.37 bits per heavy atom. The van der Waals surface area contributed by atoms with Gasteiger partial charge in [-0.15, -0.1) is 0 Å². The second-order valence-corrected chi connectivity index (χ2v) is 4.96. The first-order valence-corrected chi connectivity index (χ1v) is 6.65. The summed E-state index contributed by atoms with van der Waals surface area (Å²) >= 11 is 6.31. The van der Waals surface area contributed by atoms with E-state index < -0.39 is 0 Å². The third kappa shape index (κ3) is 2.93. The summed E-state index contributed by atoms with van der Waals surface area (Å²) in [6.07, 6.45) is 4.84. The molecule has 0 aliphatic heterocycles. The van der Waals surface area contributed by atoms with Gasteiger partial charge in [-0.2, -0.15) is 5.10 Å². The van der Waals surface area contributed by atoms with Gasteiger partial charge in [-0.3, -0.25) is 14.6 Å². The lowest BCUT2D eigenvalue weighted by molar-refractivity contribution is 0.624. The molecule has 0 fully saturated rings. The van der Waals surface area contributed by atoms with E-state index in [1.54, 1.807) is 17.1 Å². The van der Waals surface area contributed by atoms with Crippen LogP contribution >= 0.6 is 11.6 Å². The molecule has 0 aromatic carbocycles. The highest BCUT2D eigenvalue weighted by Crippen LogP contribution is 2.24. The van der Waals surface area contributed by atoms with Crippen molar-refractivity contribution in [3.8, 4) is 0 Å². The third-order valence-corrected chi connectivity index (χ3v) is 3.53. The molecule has 1 atom stereocenters. The maximum atomic E-state index is 6.31. The molecule has 0 spiro atoms. The summed E-state index contributed by atoms with van der Waals surface area (Å²) in [5.41, 5.74) is 9.65. The third-order valence-electron chi connectivity index (χ3n) is 3.10. The molecule has 2 N–H and O–H groups in total. The lowest BCUT2D eigenvalue weighted by Gasteiger charge is -2.11. The van der Waals surface area contributed by atoms with Crippen LogP contribution in [0.15, 0.2) is 12.4 Å². The van der Waals surface area contributed by atoms with Crippen LogP contribution in [0.2, 0.25) is 5.02 Å². The van der Waals surface area contributed by atoms with Crippen LogP contribution in [0.3, 0.4) is 0 Å². The van der Waals surface area contributed by atoms with Crippen molar-refractivity contribution in [3.05, 3.63) is 40.2 Å². The average Bonchev–Trinajstić information content (AvgIpc) is 2.67. The minimum Gasteiger partial charge on any atom is -0.322 e. The molecule has 0 saturated carbocycles. The maximum absolute atomic E-state index is 6.31. The molecule has 0 radical (unpaired) electrons. The smallest absolute Gasteiger partial charge is 0.0850 e. The normalized spacial score (nSPS) is 12.7. The van der Waals surface area contributed by atoms with E-state index >= 15 is 0 Å². The maximum Gasteiger partial charge on any atom is 0.0850 e. The van der Waals surface area contributed by atoms with Gasteiger partial charge in [-0.05, 0) is 13.3 Å². The highest BCUT2D eigenvalue weighted by Gasteiger charge is 2.17. The fraction of sp³-hybridized carbons (Fsp3) is 0.462. The molecule has 1 unspecified atom stereocenters. The fourth-order valence-electron chi connectivity index (χ4n) is 1.95. The zero-order valence-electron chi connectivity index (χ0n) is 11.4. The Bertz CT molecular complexity index is 561. The lowest BCUT2D eigenvalue weighted by Crippen LogP contribution is -2.17. The van der Waals surface area contributed by atoms with E-state index in [9.17, 15) is 0 Å². The predicted molar refractivity (Wildman–Crippen MR) is 75.0 cm³/mol. The second-order valence-electron chi connectivity index (χ2n) is 4.58. The fourth-order valence-corrected chi connectivity index (χ4v) is 2.32. The molecule has 6 heteroatoms. The number of halogens is 1. The van der Waals surface area contributed by atoms with Crippen molar-refractivity contribution in [2.24, 2.45) is 12.8 Å². The van der Waals surface area contributed by atoms with Crippen LogP contribution in [0, 0.1) is 6.92 Å². The van der Waals surface area contributed by atoms with Crippen molar-refractivity contribution in [1.82, 2.24) is 19.7 Å². The molecule has 2 aromatic rings. The van der Waals surface area contributed by atoms with Crippen molar-refractivity contribution >= 4 is 11.6 Å². The van der Waals surface area contributed by atoms with Crippen LogP contribution in [-0.2, 0) is 19.9 Å². The Morgan fingerprint density at radius 2 is 2.11 bits per heavy atom. The first-order valence-electron chi connectivity index (χ1n) is 6.27. The molecular formula is C13H18ClN5. The molecule has 5 nitrogen and oxygen atoms in total. The van der Waals surface area contributed by atoms with Gasteiger partial charge in [0.1, 0.15) is 0 Å². The molecule has 0 amide bonds. The van der Waals surface area contributed by atoms with Crippen LogP contribution in [-0.4, -0.2) is 19.7 Å². The van der Waals surface area contributed by atoms with E-state index in [-0.39, 0.29) is 6.04 Å².